The molecule has 348 valence electrons. The maximum atomic E-state index is 14.1. The first-order valence-corrected chi connectivity index (χ1v) is 21.5. The molecule has 5 aromatic carbocycles. The molecule has 0 saturated carbocycles. The molecular weight excluding hydrogens is 1170 g/mol. The van der Waals surface area contributed by atoms with Crippen LogP contribution in [-0.2, 0) is 30.1 Å². The molecule has 0 aliphatic heterocycles. The van der Waals surface area contributed by atoms with E-state index in [1.807, 2.05) is 0 Å². The maximum absolute atomic E-state index is 14.1. The minimum absolute atomic E-state index is 0. The normalized spacial score (nSPS) is 10.2. The van der Waals surface area contributed by atoms with Gasteiger partial charge in [0.2, 0.25) is 0 Å². The van der Waals surface area contributed by atoms with Crippen molar-refractivity contribution in [3.63, 3.8) is 0 Å². The summed E-state index contributed by atoms with van der Waals surface area (Å²) in [5.74, 6) is -21.5. The van der Waals surface area contributed by atoms with Gasteiger partial charge >= 0.3 is 266 Å². The van der Waals surface area contributed by atoms with E-state index in [1.54, 1.807) is 14.2 Å². The second-order valence-electron chi connectivity index (χ2n) is 13.0. The number of hydrogen-bond acceptors (Lipinski definition) is 24. The van der Waals surface area contributed by atoms with Crippen molar-refractivity contribution in [2.75, 3.05) is 14.2 Å². The number of aromatic carboxylic acids is 9. The first-order chi connectivity index (χ1) is 30.9. The Bertz CT molecular complexity index is 3420. The summed E-state index contributed by atoms with van der Waals surface area (Å²) in [5.41, 5.74) is -16.6. The van der Waals surface area contributed by atoms with Gasteiger partial charge in [0.15, 0.2) is 0 Å². The molecule has 39 heteroatoms. The third-order valence-corrected chi connectivity index (χ3v) is 13.0. The van der Waals surface area contributed by atoms with Crippen molar-refractivity contribution < 1.29 is 380 Å². The Morgan fingerprint density at radius 2 is 0.539 bits per heavy atom. The van der Waals surface area contributed by atoms with E-state index in [9.17, 15) is 114 Å². The van der Waals surface area contributed by atoms with Gasteiger partial charge in [0, 0.05) is 55.5 Å². The number of carboxylic acid groups (broad SMARTS) is 9. The smallest absolute Gasteiger partial charge is 0.545 e. The van der Waals surface area contributed by atoms with Crippen LogP contribution in [0.25, 0.3) is 10.8 Å². The molecule has 5 rings (SSSR count). The van der Waals surface area contributed by atoms with Crippen LogP contribution in [0.15, 0.2) is 81.4 Å². The Labute approximate surface area is 626 Å². The fraction of sp³-hybridized carbons (Fsp3) is 0. The third-order valence-electron chi connectivity index (χ3n) is 8.87. The van der Waals surface area contributed by atoms with Crippen molar-refractivity contribution in [1.82, 2.24) is 0 Å². The molecule has 27 nitrogen and oxygen atoms in total. The zero-order valence-corrected chi connectivity index (χ0v) is 61.3. The summed E-state index contributed by atoms with van der Waals surface area (Å²) in [7, 11) is -16.2. The summed E-state index contributed by atoms with van der Waals surface area (Å²) in [5, 5.41) is 104. The van der Waals surface area contributed by atoms with E-state index >= 15 is 0 Å². The van der Waals surface area contributed by atoms with E-state index in [2.05, 4.69) is 0 Å². The van der Waals surface area contributed by atoms with Gasteiger partial charge in [-0.2, -0.15) is 0 Å². The van der Waals surface area contributed by atoms with Crippen molar-refractivity contribution >= 4 is 112 Å². The zero-order valence-electron chi connectivity index (χ0n) is 40.9. The summed E-state index contributed by atoms with van der Waals surface area (Å²) in [6.07, 6.45) is 0. The number of hydrogen-bond donors (Lipinski definition) is 3. The van der Waals surface area contributed by atoms with E-state index in [1.165, 1.54) is 0 Å². The SMILES string of the molecule is O=C([O-])c1cc(NS(=O)(=O)c2ccc3c(S(=O)(=O)Nc4cc(C(=O)[O-])c(C(=O)[O-])c(C(=O)[O-])c4)cc(S(=O)(=O)Nc4cc(C(=O)[O-])c(C(=O)[O-])c(C(=O)[O-])c4)cc3c2)cc(C(=O)[O-])c1C(=O)[O-].[Na+].[Na+].[Na+].[Na+].[Na+].[Na+].[Na+].[Na+].[Na+]. The van der Waals surface area contributed by atoms with Crippen molar-refractivity contribution in [3.8, 4) is 0 Å². The van der Waals surface area contributed by atoms with Crippen molar-refractivity contribution in [3.05, 3.63) is 117 Å². The average molecular weight is 1190 g/mol. The van der Waals surface area contributed by atoms with Gasteiger partial charge in [-0.3, -0.25) is 14.2 Å². The number of rotatable bonds is 18. The molecular formula is C37H14N3Na9O24S3. The molecule has 0 spiro atoms. The van der Waals surface area contributed by atoms with Crippen molar-refractivity contribution in [2.24, 2.45) is 0 Å². The van der Waals surface area contributed by atoms with Crippen LogP contribution >= 0.6 is 0 Å². The molecule has 0 heterocycles. The van der Waals surface area contributed by atoms with E-state index in [0.717, 1.165) is 0 Å². The van der Waals surface area contributed by atoms with Crippen LogP contribution in [0.2, 0.25) is 0 Å². The Kier molecular flexibility index (Phi) is 37.7. The van der Waals surface area contributed by atoms with Gasteiger partial charge in [0.1, 0.15) is 0 Å². The van der Waals surface area contributed by atoms with Crippen LogP contribution in [-0.4, -0.2) is 79.0 Å². The average Bonchev–Trinajstić information content (AvgIpc) is 3.21. The van der Waals surface area contributed by atoms with E-state index in [0.29, 0.717) is 24.3 Å². The Balaban J connectivity index is -0.00000187. The first-order valence-electron chi connectivity index (χ1n) is 17.0. The predicted molar refractivity (Wildman–Crippen MR) is 195 cm³/mol. The number of anilines is 3. The molecule has 0 atom stereocenters. The standard InChI is InChI=1S/C37H23N3O24S3.9Na/c41-29(42)19-5-13(6-20(30(43)44)26(19)35(53)54)38-65(59,60)16-1-2-18-12(3-16)4-17(66(61,62)39-14-7-21(31(45)46)27(36(55)56)22(8-14)32(47)48)11-25(18)67(63,64)40-15-9-23(33(49)50)28(37(57)58)24(10-15)34(51)52;;;;;;;;;/h1-11,38-40H,(H,41,42)(H,43,44)(H,45,46)(H,47,48)(H,49,50)(H,51,52)(H,53,54)(H,55,56)(H,57,58);;;;;;;;;/q;9*+1/p-9. The quantitative estimate of drug-likeness (QED) is 0.0686. The van der Waals surface area contributed by atoms with Gasteiger partial charge in [0.25, 0.3) is 30.1 Å². The molecule has 0 unspecified atom stereocenters. The van der Waals surface area contributed by atoms with Crippen LogP contribution in [0.4, 0.5) is 17.1 Å². The third kappa shape index (κ3) is 19.5. The Morgan fingerprint density at radius 1 is 0.303 bits per heavy atom. The molecule has 3 N–H and O–H groups in total. The topological polar surface area (TPSA) is 500 Å². The fourth-order valence-electron chi connectivity index (χ4n) is 6.20. The van der Waals surface area contributed by atoms with Gasteiger partial charge < -0.3 is 89.1 Å². The van der Waals surface area contributed by atoms with Crippen molar-refractivity contribution in [1.29, 1.82) is 0 Å². The Hall–Kier alpha value is -0.160. The van der Waals surface area contributed by atoms with Gasteiger partial charge in [0.05, 0.1) is 85.5 Å². The van der Waals surface area contributed by atoms with Crippen LogP contribution in [0.5, 0.6) is 0 Å². The van der Waals surface area contributed by atoms with E-state index in [4.69, 9.17) is 0 Å². The van der Waals surface area contributed by atoms with E-state index < -0.39 is 176 Å². The molecule has 0 saturated heterocycles. The molecule has 0 aromatic heterocycles. The summed E-state index contributed by atoms with van der Waals surface area (Å²) < 4.78 is 88.2. The molecule has 0 aliphatic rings. The number of carbonyl (C=O) groups excluding carboxylic acids is 9. The van der Waals surface area contributed by atoms with Crippen LogP contribution in [0.3, 0.4) is 0 Å². The van der Waals surface area contributed by atoms with E-state index in [-0.39, 0.29) is 308 Å². The number of benzene rings is 5. The second kappa shape index (κ2) is 33.8. The molecule has 0 radical (unpaired) electrons. The number of fused-ring (bicyclic) bond motifs is 1. The molecule has 76 heavy (non-hydrogen) atoms. The van der Waals surface area contributed by atoms with Gasteiger partial charge in [-0.05, 0) is 66.0 Å². The predicted octanol–water partition coefficient (Wildman–Crippen LogP) is -36.5. The molecule has 0 fully saturated rings. The van der Waals surface area contributed by atoms with Gasteiger partial charge in [-0.1, -0.05) is 6.07 Å². The molecule has 0 amide bonds. The second-order valence-corrected chi connectivity index (χ2v) is 18.1. The number of carboxylic acids is 9. The van der Waals surface area contributed by atoms with Gasteiger partial charge in [-0.15, -0.1) is 0 Å². The summed E-state index contributed by atoms with van der Waals surface area (Å²) >= 11 is 0. The van der Waals surface area contributed by atoms with Crippen LogP contribution < -0.4 is 326 Å². The summed E-state index contributed by atoms with van der Waals surface area (Å²) in [6, 6.07) is 3.96. The first kappa shape index (κ1) is 84.6. The number of carbonyl (C=O) groups is 9. The minimum atomic E-state index is -5.52. The summed E-state index contributed by atoms with van der Waals surface area (Å²) in [6.45, 7) is 0. The largest absolute Gasteiger partial charge is 1.00 e. The monoisotopic (exact) mass is 1190 g/mol. The number of nitrogens with one attached hydrogen (secondary N) is 3. The molecule has 5 aromatic rings. The van der Waals surface area contributed by atoms with Crippen LogP contribution in [0.1, 0.15) is 93.2 Å². The zero-order chi connectivity index (χ0) is 50.4. The minimum Gasteiger partial charge on any atom is -0.545 e. The maximum Gasteiger partial charge on any atom is 1.00 e. The van der Waals surface area contributed by atoms with Crippen molar-refractivity contribution in [2.45, 2.75) is 14.7 Å². The molecule has 0 aliphatic carbocycles. The molecule has 0 bridgehead atoms. The summed E-state index contributed by atoms with van der Waals surface area (Å²) in [4.78, 5) is 102. The van der Waals surface area contributed by atoms with Gasteiger partial charge in [-0.25, -0.2) is 25.3 Å². The van der Waals surface area contributed by atoms with Crippen LogP contribution in [0, 0.1) is 0 Å². The Morgan fingerprint density at radius 3 is 0.789 bits per heavy atom. The number of sulfonamides is 3. The fourth-order valence-corrected chi connectivity index (χ4v) is 9.74.